The first-order valence-corrected chi connectivity index (χ1v) is 5.92. The summed E-state index contributed by atoms with van der Waals surface area (Å²) in [5, 5.41) is 3.57. The Morgan fingerprint density at radius 1 is 1.25 bits per heavy atom. The Morgan fingerprint density at radius 3 is 2.45 bits per heavy atom. The Kier molecular flexibility index (Phi) is 3.87. The van der Waals surface area contributed by atoms with Gasteiger partial charge in [-0.1, -0.05) is 36.3 Å². The van der Waals surface area contributed by atoms with E-state index in [1.807, 2.05) is 19.1 Å². The zero-order valence-corrected chi connectivity index (χ0v) is 10.6. The number of rotatable bonds is 4. The van der Waals surface area contributed by atoms with Crippen LogP contribution in [-0.2, 0) is 17.6 Å². The molecule has 0 unspecified atom stereocenters. The molecule has 7 heteroatoms. The van der Waals surface area contributed by atoms with Gasteiger partial charge in [-0.2, -0.15) is 18.2 Å². The lowest BCUT2D eigenvalue weighted by molar-refractivity contribution is -0.170. The van der Waals surface area contributed by atoms with Crippen molar-refractivity contribution < 1.29 is 22.5 Å². The fraction of sp³-hybridized carbons (Fsp3) is 0.308. The van der Waals surface area contributed by atoms with E-state index >= 15 is 0 Å². The standard InChI is InChI=1S/C13H11F3N2O2/c1-2-8-3-5-9(6-4-8)12-17-11(20-18-12)7-10(19)13(14,15)16/h3-6H,2,7H2,1H3. The Hall–Kier alpha value is -2.18. The van der Waals surface area contributed by atoms with Gasteiger partial charge in [0.05, 0.1) is 6.42 Å². The van der Waals surface area contributed by atoms with Crippen molar-refractivity contribution in [1.29, 1.82) is 0 Å². The van der Waals surface area contributed by atoms with Gasteiger partial charge in [0.2, 0.25) is 17.5 Å². The molecular formula is C13H11F3N2O2. The summed E-state index contributed by atoms with van der Waals surface area (Å²) in [7, 11) is 0. The van der Waals surface area contributed by atoms with E-state index in [1.54, 1.807) is 12.1 Å². The molecule has 0 aliphatic heterocycles. The van der Waals surface area contributed by atoms with E-state index in [9.17, 15) is 18.0 Å². The van der Waals surface area contributed by atoms with Crippen molar-refractivity contribution in [2.75, 3.05) is 0 Å². The molecule has 0 aliphatic carbocycles. The molecule has 0 N–H and O–H groups in total. The molecule has 0 saturated carbocycles. The first kappa shape index (κ1) is 14.2. The molecule has 4 nitrogen and oxygen atoms in total. The van der Waals surface area contributed by atoms with Crippen LogP contribution in [0.2, 0.25) is 0 Å². The number of alkyl halides is 3. The summed E-state index contributed by atoms with van der Waals surface area (Å²) in [5.41, 5.74) is 1.74. The first-order chi connectivity index (χ1) is 9.40. The van der Waals surface area contributed by atoms with Crippen LogP contribution in [0.4, 0.5) is 13.2 Å². The third-order valence-corrected chi connectivity index (χ3v) is 2.72. The number of benzene rings is 1. The zero-order valence-electron chi connectivity index (χ0n) is 10.6. The third-order valence-electron chi connectivity index (χ3n) is 2.72. The van der Waals surface area contributed by atoms with Gasteiger partial charge in [-0.05, 0) is 12.0 Å². The summed E-state index contributed by atoms with van der Waals surface area (Å²) < 4.78 is 41.0. The van der Waals surface area contributed by atoms with Gasteiger partial charge in [0.25, 0.3) is 0 Å². The minimum absolute atomic E-state index is 0.164. The van der Waals surface area contributed by atoms with Crippen LogP contribution in [0.5, 0.6) is 0 Å². The summed E-state index contributed by atoms with van der Waals surface area (Å²) >= 11 is 0. The van der Waals surface area contributed by atoms with Gasteiger partial charge in [0.1, 0.15) is 0 Å². The average Bonchev–Trinajstić information content (AvgIpc) is 2.86. The second-order valence-corrected chi connectivity index (χ2v) is 4.16. The van der Waals surface area contributed by atoms with Crippen molar-refractivity contribution >= 4 is 5.78 Å². The maximum absolute atomic E-state index is 12.1. The third kappa shape index (κ3) is 3.23. The zero-order chi connectivity index (χ0) is 14.8. The minimum Gasteiger partial charge on any atom is -0.338 e. The highest BCUT2D eigenvalue weighted by Crippen LogP contribution is 2.20. The highest BCUT2D eigenvalue weighted by molar-refractivity contribution is 5.85. The molecule has 20 heavy (non-hydrogen) atoms. The lowest BCUT2D eigenvalue weighted by atomic mass is 10.1. The predicted molar refractivity (Wildman–Crippen MR) is 63.9 cm³/mol. The molecule has 0 bridgehead atoms. The topological polar surface area (TPSA) is 56.0 Å². The molecule has 0 atom stereocenters. The molecule has 0 aliphatic rings. The van der Waals surface area contributed by atoms with Gasteiger partial charge < -0.3 is 4.52 Å². The number of hydrogen-bond acceptors (Lipinski definition) is 4. The minimum atomic E-state index is -4.89. The van der Waals surface area contributed by atoms with Crippen LogP contribution in [0.25, 0.3) is 11.4 Å². The molecule has 2 aromatic rings. The normalized spacial score (nSPS) is 11.6. The van der Waals surface area contributed by atoms with Crippen LogP contribution in [0.3, 0.4) is 0 Å². The van der Waals surface area contributed by atoms with Crippen molar-refractivity contribution in [2.45, 2.75) is 25.9 Å². The summed E-state index contributed by atoms with van der Waals surface area (Å²) in [6.45, 7) is 2.00. The molecule has 0 spiro atoms. The Bertz CT molecular complexity index is 603. The second kappa shape index (κ2) is 5.44. The largest absolute Gasteiger partial charge is 0.450 e. The van der Waals surface area contributed by atoms with Crippen molar-refractivity contribution in [3.05, 3.63) is 35.7 Å². The molecule has 1 heterocycles. The molecule has 0 fully saturated rings. The number of hydrogen-bond donors (Lipinski definition) is 0. The van der Waals surface area contributed by atoms with Gasteiger partial charge in [-0.3, -0.25) is 4.79 Å². The van der Waals surface area contributed by atoms with E-state index in [0.29, 0.717) is 5.56 Å². The Balaban J connectivity index is 2.14. The summed E-state index contributed by atoms with van der Waals surface area (Å²) in [6.07, 6.45) is -4.96. The van der Waals surface area contributed by atoms with E-state index in [2.05, 4.69) is 14.7 Å². The molecule has 1 aromatic heterocycles. The number of halogens is 3. The van der Waals surface area contributed by atoms with Gasteiger partial charge in [-0.15, -0.1) is 0 Å². The number of aryl methyl sites for hydroxylation is 1. The van der Waals surface area contributed by atoms with E-state index < -0.39 is 18.4 Å². The van der Waals surface area contributed by atoms with Crippen LogP contribution in [-0.4, -0.2) is 22.1 Å². The highest BCUT2D eigenvalue weighted by atomic mass is 19.4. The Labute approximate surface area is 112 Å². The summed E-state index contributed by atoms with van der Waals surface area (Å²) in [6, 6.07) is 7.23. The van der Waals surface area contributed by atoms with Crippen molar-refractivity contribution in [3.63, 3.8) is 0 Å². The molecule has 0 saturated heterocycles. The highest BCUT2D eigenvalue weighted by Gasteiger charge is 2.39. The number of nitrogens with zero attached hydrogens (tertiary/aromatic N) is 2. The van der Waals surface area contributed by atoms with Crippen molar-refractivity contribution in [3.8, 4) is 11.4 Å². The van der Waals surface area contributed by atoms with Crippen LogP contribution in [0, 0.1) is 0 Å². The molecule has 0 radical (unpaired) electrons. The summed E-state index contributed by atoms with van der Waals surface area (Å²) in [5.74, 6) is -2.09. The molecule has 1 aromatic carbocycles. The number of carbonyl (C=O) groups is 1. The van der Waals surface area contributed by atoms with Crippen LogP contribution < -0.4 is 0 Å². The monoisotopic (exact) mass is 284 g/mol. The van der Waals surface area contributed by atoms with Gasteiger partial charge in [-0.25, -0.2) is 0 Å². The van der Waals surface area contributed by atoms with Crippen LogP contribution in [0.15, 0.2) is 28.8 Å². The van der Waals surface area contributed by atoms with Gasteiger partial charge >= 0.3 is 6.18 Å². The Morgan fingerprint density at radius 2 is 1.90 bits per heavy atom. The van der Waals surface area contributed by atoms with Gasteiger partial charge in [0.15, 0.2) is 0 Å². The van der Waals surface area contributed by atoms with Crippen LogP contribution >= 0.6 is 0 Å². The fourth-order valence-electron chi connectivity index (χ4n) is 1.57. The van der Waals surface area contributed by atoms with Crippen molar-refractivity contribution in [2.24, 2.45) is 0 Å². The average molecular weight is 284 g/mol. The maximum atomic E-state index is 12.1. The van der Waals surface area contributed by atoms with Crippen LogP contribution in [0.1, 0.15) is 18.4 Å². The molecule has 106 valence electrons. The SMILES string of the molecule is CCc1ccc(-c2noc(CC(=O)C(F)(F)F)n2)cc1. The van der Waals surface area contributed by atoms with E-state index in [1.165, 1.54) is 0 Å². The molecular weight excluding hydrogens is 273 g/mol. The number of Topliss-reactive ketones (excluding diaryl/α,β-unsaturated/α-hetero) is 1. The molecule has 2 rings (SSSR count). The second-order valence-electron chi connectivity index (χ2n) is 4.16. The predicted octanol–water partition coefficient (Wildman–Crippen LogP) is 2.97. The lowest BCUT2D eigenvalue weighted by Crippen LogP contribution is -2.24. The number of carbonyl (C=O) groups excluding carboxylic acids is 1. The molecule has 0 amide bonds. The summed E-state index contributed by atoms with van der Waals surface area (Å²) in [4.78, 5) is 14.6. The first-order valence-electron chi connectivity index (χ1n) is 5.92. The fourth-order valence-corrected chi connectivity index (χ4v) is 1.57. The number of aromatic nitrogens is 2. The lowest BCUT2D eigenvalue weighted by Gasteiger charge is -2.00. The van der Waals surface area contributed by atoms with Gasteiger partial charge in [0, 0.05) is 5.56 Å². The number of ketones is 1. The smallest absolute Gasteiger partial charge is 0.338 e. The van der Waals surface area contributed by atoms with E-state index in [0.717, 1.165) is 12.0 Å². The van der Waals surface area contributed by atoms with E-state index in [4.69, 9.17) is 0 Å². The maximum Gasteiger partial charge on any atom is 0.450 e. The van der Waals surface area contributed by atoms with Crippen molar-refractivity contribution in [1.82, 2.24) is 10.1 Å². The quantitative estimate of drug-likeness (QED) is 0.866. The van der Waals surface area contributed by atoms with E-state index in [-0.39, 0.29) is 11.7 Å².